The fourth-order valence-corrected chi connectivity index (χ4v) is 4.67. The van der Waals surface area contributed by atoms with Gasteiger partial charge in [0, 0.05) is 25.1 Å². The van der Waals surface area contributed by atoms with Gasteiger partial charge in [0.15, 0.2) is 0 Å². The summed E-state index contributed by atoms with van der Waals surface area (Å²) in [6.07, 6.45) is 0.874. The highest BCUT2D eigenvalue weighted by Crippen LogP contribution is 2.33. The number of nitrogens with one attached hydrogen (secondary N) is 3. The molecule has 5 nitrogen and oxygen atoms in total. The zero-order valence-corrected chi connectivity index (χ0v) is 20.6. The van der Waals surface area contributed by atoms with Gasteiger partial charge < -0.3 is 21.1 Å². The maximum atomic E-state index is 13.7. The molecule has 2 aromatic carbocycles. The van der Waals surface area contributed by atoms with Crippen LogP contribution >= 0.6 is 0 Å². The van der Waals surface area contributed by atoms with Gasteiger partial charge in [-0.15, -0.1) is 0 Å². The van der Waals surface area contributed by atoms with Crippen LogP contribution < -0.4 is 16.0 Å². The van der Waals surface area contributed by atoms with Crippen LogP contribution in [0.5, 0.6) is 0 Å². The Morgan fingerprint density at radius 2 is 1.76 bits per heavy atom. The van der Waals surface area contributed by atoms with Crippen LogP contribution in [-0.2, 0) is 22.2 Å². The second-order valence-electron chi connectivity index (χ2n) is 10.4. The summed E-state index contributed by atoms with van der Waals surface area (Å²) in [5.74, 6) is -1.68. The molecule has 1 aliphatic heterocycles. The largest absolute Gasteiger partial charge is 0.390 e. The first-order valence-corrected chi connectivity index (χ1v) is 12.0. The second kappa shape index (κ2) is 10.9. The van der Waals surface area contributed by atoms with Crippen molar-refractivity contribution in [2.75, 3.05) is 19.6 Å². The van der Waals surface area contributed by atoms with E-state index >= 15 is 0 Å². The van der Waals surface area contributed by atoms with E-state index in [-0.39, 0.29) is 29.8 Å². The fraction of sp³-hybridized carbons (Fsp3) is 0.519. The number of hydrogen-bond acceptors (Lipinski definition) is 4. The first-order valence-electron chi connectivity index (χ1n) is 12.0. The van der Waals surface area contributed by atoms with Crippen LogP contribution in [-0.4, -0.2) is 42.8 Å². The Labute approximate surface area is 201 Å². The van der Waals surface area contributed by atoms with E-state index in [0.29, 0.717) is 5.56 Å². The Kier molecular flexibility index (Phi) is 8.44. The molecule has 1 heterocycles. The molecule has 7 heteroatoms. The third kappa shape index (κ3) is 6.84. The van der Waals surface area contributed by atoms with Crippen molar-refractivity contribution in [2.45, 2.75) is 70.1 Å². The van der Waals surface area contributed by atoms with Crippen molar-refractivity contribution < 1.29 is 18.7 Å². The van der Waals surface area contributed by atoms with Crippen LogP contribution in [0.25, 0.3) is 0 Å². The number of rotatable bonds is 8. The molecule has 0 saturated carbocycles. The highest BCUT2D eigenvalue weighted by molar-refractivity contribution is 5.73. The molecular formula is C27H37F2N3O2. The molecule has 0 spiro atoms. The molecule has 2 atom stereocenters. The van der Waals surface area contributed by atoms with Gasteiger partial charge in [-0.25, -0.2) is 8.78 Å². The van der Waals surface area contributed by atoms with Gasteiger partial charge in [-0.3, -0.25) is 4.79 Å². The van der Waals surface area contributed by atoms with Gasteiger partial charge in [0.1, 0.15) is 11.6 Å². The van der Waals surface area contributed by atoms with Crippen molar-refractivity contribution in [1.82, 2.24) is 16.0 Å². The lowest BCUT2D eigenvalue weighted by Gasteiger charge is -2.41. The lowest BCUT2D eigenvalue weighted by atomic mass is 9.78. The number of carbonyl (C=O) groups is 1. The molecule has 0 radical (unpaired) electrons. The van der Waals surface area contributed by atoms with E-state index in [1.54, 1.807) is 0 Å². The van der Waals surface area contributed by atoms with Gasteiger partial charge in [-0.2, -0.15) is 0 Å². The Morgan fingerprint density at radius 3 is 2.35 bits per heavy atom. The summed E-state index contributed by atoms with van der Waals surface area (Å²) in [6, 6.07) is 11.2. The minimum absolute atomic E-state index is 0.0143. The van der Waals surface area contributed by atoms with E-state index in [2.05, 4.69) is 61.0 Å². The van der Waals surface area contributed by atoms with E-state index in [0.717, 1.165) is 32.0 Å². The summed E-state index contributed by atoms with van der Waals surface area (Å²) in [6.45, 7) is 9.85. The SMILES string of the molecule is CC(=O)N[C@@H](Cc1cc(F)cc(F)c1)[C@H](O)CNC1(c2cccc(C(C)(C)C)c2)CCNCC1. The number of carbonyl (C=O) groups excluding carboxylic acids is 1. The Balaban J connectivity index is 1.80. The number of aliphatic hydroxyl groups excluding tert-OH is 1. The molecule has 1 amide bonds. The molecule has 4 N–H and O–H groups in total. The van der Waals surface area contributed by atoms with E-state index in [9.17, 15) is 18.7 Å². The normalized spacial score (nSPS) is 17.7. The monoisotopic (exact) mass is 473 g/mol. The van der Waals surface area contributed by atoms with E-state index in [1.165, 1.54) is 30.2 Å². The standard InChI is InChI=1S/C27H37F2N3O2/c1-18(33)32-24(14-19-12-22(28)16-23(29)13-19)25(34)17-31-27(8-10-30-11-9-27)21-7-5-6-20(15-21)26(2,3)4/h5-7,12-13,15-16,24-25,30-31,34H,8-11,14,17H2,1-4H3,(H,32,33)/t24-,25+/m0/s1. The van der Waals surface area contributed by atoms with Gasteiger partial charge in [-0.05, 0) is 66.6 Å². The van der Waals surface area contributed by atoms with Gasteiger partial charge in [0.25, 0.3) is 0 Å². The summed E-state index contributed by atoms with van der Waals surface area (Å²) in [5, 5.41) is 20.8. The predicted molar refractivity (Wildman–Crippen MR) is 131 cm³/mol. The van der Waals surface area contributed by atoms with E-state index in [1.807, 2.05) is 0 Å². The number of halogens is 2. The summed E-state index contributed by atoms with van der Waals surface area (Å²) in [4.78, 5) is 11.8. The molecular weight excluding hydrogens is 436 g/mol. The fourth-order valence-electron chi connectivity index (χ4n) is 4.67. The van der Waals surface area contributed by atoms with Gasteiger partial charge in [0.05, 0.1) is 12.1 Å². The van der Waals surface area contributed by atoms with Crippen LogP contribution in [0.2, 0.25) is 0 Å². The molecule has 34 heavy (non-hydrogen) atoms. The summed E-state index contributed by atoms with van der Waals surface area (Å²) >= 11 is 0. The number of amides is 1. The maximum Gasteiger partial charge on any atom is 0.217 e. The summed E-state index contributed by atoms with van der Waals surface area (Å²) in [7, 11) is 0. The smallest absolute Gasteiger partial charge is 0.217 e. The zero-order valence-electron chi connectivity index (χ0n) is 20.6. The predicted octanol–water partition coefficient (Wildman–Crippen LogP) is 3.54. The van der Waals surface area contributed by atoms with Gasteiger partial charge >= 0.3 is 0 Å². The topological polar surface area (TPSA) is 73.4 Å². The van der Waals surface area contributed by atoms with Crippen molar-refractivity contribution in [3.05, 3.63) is 70.8 Å². The molecule has 1 aliphatic rings. The van der Waals surface area contributed by atoms with Crippen LogP contribution in [0.3, 0.4) is 0 Å². The lowest BCUT2D eigenvalue weighted by Crippen LogP contribution is -2.55. The highest BCUT2D eigenvalue weighted by Gasteiger charge is 2.35. The van der Waals surface area contributed by atoms with Crippen LogP contribution in [0, 0.1) is 11.6 Å². The van der Waals surface area contributed by atoms with E-state index in [4.69, 9.17) is 0 Å². The maximum absolute atomic E-state index is 13.7. The number of aliphatic hydroxyl groups is 1. The van der Waals surface area contributed by atoms with Gasteiger partial charge in [-0.1, -0.05) is 45.0 Å². The van der Waals surface area contributed by atoms with Crippen molar-refractivity contribution in [2.24, 2.45) is 0 Å². The Bertz CT molecular complexity index is 964. The number of hydrogen-bond donors (Lipinski definition) is 4. The number of piperidine rings is 1. The third-order valence-corrected chi connectivity index (χ3v) is 6.62. The van der Waals surface area contributed by atoms with E-state index < -0.39 is 23.8 Å². The molecule has 1 fully saturated rings. The third-order valence-electron chi connectivity index (χ3n) is 6.62. The number of benzene rings is 2. The molecule has 0 aromatic heterocycles. The van der Waals surface area contributed by atoms with Gasteiger partial charge in [0.2, 0.25) is 5.91 Å². The summed E-state index contributed by atoms with van der Waals surface area (Å²) < 4.78 is 27.4. The molecule has 0 aliphatic carbocycles. The first kappa shape index (κ1) is 26.3. The average Bonchev–Trinajstić information content (AvgIpc) is 2.76. The van der Waals surface area contributed by atoms with Crippen molar-refractivity contribution in [1.29, 1.82) is 0 Å². The lowest BCUT2D eigenvalue weighted by molar-refractivity contribution is -0.120. The second-order valence-corrected chi connectivity index (χ2v) is 10.4. The molecule has 3 rings (SSSR count). The molecule has 186 valence electrons. The quantitative estimate of drug-likeness (QED) is 0.473. The van der Waals surface area contributed by atoms with Crippen LogP contribution in [0.15, 0.2) is 42.5 Å². The van der Waals surface area contributed by atoms with Crippen molar-refractivity contribution in [3.8, 4) is 0 Å². The van der Waals surface area contributed by atoms with Crippen molar-refractivity contribution >= 4 is 5.91 Å². The first-order chi connectivity index (χ1) is 16.0. The Hall–Kier alpha value is -2.35. The molecule has 1 saturated heterocycles. The molecule has 0 unspecified atom stereocenters. The minimum Gasteiger partial charge on any atom is -0.390 e. The van der Waals surface area contributed by atoms with Crippen LogP contribution in [0.4, 0.5) is 8.78 Å². The Morgan fingerprint density at radius 1 is 1.12 bits per heavy atom. The molecule has 0 bridgehead atoms. The zero-order chi connectivity index (χ0) is 24.9. The minimum atomic E-state index is -0.951. The summed E-state index contributed by atoms with van der Waals surface area (Å²) in [5.41, 5.74) is 2.50. The highest BCUT2D eigenvalue weighted by atomic mass is 19.1. The molecule has 2 aromatic rings. The average molecular weight is 474 g/mol. The van der Waals surface area contributed by atoms with Crippen LogP contribution in [0.1, 0.15) is 57.2 Å². The van der Waals surface area contributed by atoms with Crippen molar-refractivity contribution in [3.63, 3.8) is 0 Å².